The van der Waals surface area contributed by atoms with Gasteiger partial charge >= 0.3 is 62.2 Å². The average Bonchev–Trinajstić information content (AvgIpc) is 1.98. The Morgan fingerprint density at radius 1 is 0.750 bits per heavy atom. The van der Waals surface area contributed by atoms with Crippen molar-refractivity contribution in [1.29, 1.82) is 0 Å². The first-order chi connectivity index (χ1) is 4.73. The van der Waals surface area contributed by atoms with Crippen molar-refractivity contribution in [2.24, 2.45) is 5.73 Å². The molecule has 0 saturated heterocycles. The Hall–Kier alpha value is 1.59. The molecule has 0 bridgehead atoms. The van der Waals surface area contributed by atoms with E-state index in [-0.39, 0.29) is 124 Å². The van der Waals surface area contributed by atoms with Gasteiger partial charge in [-0.2, -0.15) is 0 Å². The maximum atomic E-state index is 8.81. The Bertz CT molecular complexity index is 58.4. The van der Waals surface area contributed by atoms with Crippen LogP contribution in [0, 0.1) is 102 Å². The molecule has 0 aliphatic carbocycles. The van der Waals surface area contributed by atoms with E-state index in [9.17, 15) is 0 Å². The van der Waals surface area contributed by atoms with E-state index >= 15 is 0 Å². The topological polar surface area (TPSA) is 69.2 Å². The summed E-state index contributed by atoms with van der Waals surface area (Å²) in [7, 11) is 2.39. The van der Waals surface area contributed by atoms with Crippen LogP contribution in [0.5, 0.6) is 0 Å². The molecule has 0 amide bonds. The first-order valence-corrected chi connectivity index (χ1v) is 3.39. The van der Waals surface area contributed by atoms with E-state index in [1.54, 1.807) is 0 Å². The first-order valence-electron chi connectivity index (χ1n) is 3.39. The molecule has 4 nitrogen and oxygen atoms in total. The van der Waals surface area contributed by atoms with Gasteiger partial charge < -0.3 is 35.4 Å². The Morgan fingerprint density at radius 3 is 0.750 bits per heavy atom. The third kappa shape index (κ3) is 2670. The summed E-state index contributed by atoms with van der Waals surface area (Å²) >= 11 is 0. The van der Waals surface area contributed by atoms with Gasteiger partial charge in [-0.25, -0.2) is 0 Å². The molecular formula is C12H40B2N2O2U2. The van der Waals surface area contributed by atoms with Gasteiger partial charge in [0.2, 0.25) is 0 Å². The third-order valence-electron chi connectivity index (χ3n) is 0. The SMILES string of the molecule is C.C.CC.CC.CN.C[N+](=O)[O-].[B].[B].[CH3-].[CH3-].[CH3-].[CH3-].[U+2].[U+2]. The Balaban J connectivity index is -0.00000000177. The zero-order valence-corrected chi connectivity index (χ0v) is 22.3. The van der Waals surface area contributed by atoms with Crippen molar-refractivity contribution < 1.29 is 67.1 Å². The molecule has 0 aliphatic rings. The van der Waals surface area contributed by atoms with Crippen molar-refractivity contribution in [3.05, 3.63) is 39.8 Å². The quantitative estimate of drug-likeness (QED) is 0.178. The summed E-state index contributed by atoms with van der Waals surface area (Å²) in [4.78, 5) is 8.31. The van der Waals surface area contributed by atoms with Gasteiger partial charge in [0.1, 0.15) is 0 Å². The smallest absolute Gasteiger partial charge is 0.358 e. The molecule has 0 fully saturated rings. The van der Waals surface area contributed by atoms with Gasteiger partial charge in [-0.15, -0.1) is 0 Å². The van der Waals surface area contributed by atoms with E-state index in [0.29, 0.717) is 0 Å². The molecule has 20 heavy (non-hydrogen) atoms. The summed E-state index contributed by atoms with van der Waals surface area (Å²) < 4.78 is 0. The van der Waals surface area contributed by atoms with E-state index in [1.807, 2.05) is 27.7 Å². The molecule has 0 atom stereocenters. The van der Waals surface area contributed by atoms with E-state index < -0.39 is 4.92 Å². The van der Waals surface area contributed by atoms with E-state index in [2.05, 4.69) is 5.73 Å². The second-order valence-electron chi connectivity index (χ2n) is 0.440. The summed E-state index contributed by atoms with van der Waals surface area (Å²) in [5.74, 6) is 0. The predicted octanol–water partition coefficient (Wildman–Crippen LogP) is 3.83. The minimum Gasteiger partial charge on any atom is -0.358 e. The summed E-state index contributed by atoms with van der Waals surface area (Å²) in [6, 6.07) is 0. The zero-order chi connectivity index (χ0) is 9.58. The van der Waals surface area contributed by atoms with Crippen molar-refractivity contribution in [3.8, 4) is 0 Å². The van der Waals surface area contributed by atoms with Crippen molar-refractivity contribution in [2.75, 3.05) is 14.1 Å². The molecule has 0 aromatic carbocycles. The zero-order valence-electron chi connectivity index (χ0n) is 14.0. The van der Waals surface area contributed by atoms with Gasteiger partial charge in [0.05, 0.1) is 0 Å². The summed E-state index contributed by atoms with van der Waals surface area (Å²) in [6.07, 6.45) is 0. The second-order valence-corrected chi connectivity index (χ2v) is 0.440. The number of hydrogen-bond donors (Lipinski definition) is 1. The van der Waals surface area contributed by atoms with Gasteiger partial charge in [-0.05, 0) is 7.05 Å². The molecule has 0 aromatic rings. The van der Waals surface area contributed by atoms with Crippen LogP contribution in [0.4, 0.5) is 0 Å². The van der Waals surface area contributed by atoms with Crippen LogP contribution in [-0.2, 0) is 0 Å². The molecule has 0 rings (SSSR count). The van der Waals surface area contributed by atoms with Crippen LogP contribution in [0.3, 0.4) is 0 Å². The Labute approximate surface area is 184 Å². The number of nitrogens with two attached hydrogens (primary N) is 1. The molecule has 0 heterocycles. The summed E-state index contributed by atoms with van der Waals surface area (Å²) in [5.41, 5.74) is 4.50. The minimum atomic E-state index is -0.500. The molecule has 0 unspecified atom stereocenters. The third-order valence-corrected chi connectivity index (χ3v) is 0. The fraction of sp³-hybridized carbons (Fsp3) is 0.667. The van der Waals surface area contributed by atoms with Gasteiger partial charge in [-0.1, -0.05) is 42.5 Å². The molecule has 0 aromatic heterocycles. The van der Waals surface area contributed by atoms with Gasteiger partial charge in [0.25, 0.3) is 0 Å². The monoisotopic (exact) mass is 742 g/mol. The van der Waals surface area contributed by atoms with Crippen LogP contribution in [0.15, 0.2) is 0 Å². The number of hydrogen-bond acceptors (Lipinski definition) is 3. The maximum Gasteiger partial charge on any atom is 2.00 e. The van der Waals surface area contributed by atoms with Crippen molar-refractivity contribution in [3.63, 3.8) is 0 Å². The number of nitro groups is 1. The minimum absolute atomic E-state index is 0. The molecule has 0 saturated carbocycles. The fourth-order valence-corrected chi connectivity index (χ4v) is 0. The van der Waals surface area contributed by atoms with Crippen LogP contribution in [0.25, 0.3) is 0 Å². The van der Waals surface area contributed by atoms with Crippen molar-refractivity contribution in [1.82, 2.24) is 0 Å². The molecular weight excluding hydrogens is 702 g/mol. The largest absolute Gasteiger partial charge is 2.00 e. The first kappa shape index (κ1) is 159. The summed E-state index contributed by atoms with van der Waals surface area (Å²) in [5, 5.41) is 8.81. The fourth-order valence-electron chi connectivity index (χ4n) is 0. The maximum absolute atomic E-state index is 8.81. The molecule has 8 heteroatoms. The number of nitrogens with zero attached hydrogens (tertiary/aromatic N) is 1. The summed E-state index contributed by atoms with van der Waals surface area (Å²) in [6.45, 7) is 8.00. The van der Waals surface area contributed by atoms with Crippen LogP contribution in [0.2, 0.25) is 0 Å². The van der Waals surface area contributed by atoms with E-state index in [4.69, 9.17) is 10.1 Å². The van der Waals surface area contributed by atoms with E-state index in [1.165, 1.54) is 7.05 Å². The van der Waals surface area contributed by atoms with E-state index in [0.717, 1.165) is 7.05 Å². The van der Waals surface area contributed by atoms with Gasteiger partial charge in [0.15, 0.2) is 7.05 Å². The van der Waals surface area contributed by atoms with Crippen LogP contribution < -0.4 is 5.73 Å². The van der Waals surface area contributed by atoms with Crippen LogP contribution >= 0.6 is 0 Å². The second kappa shape index (κ2) is 375. The Morgan fingerprint density at radius 2 is 0.750 bits per heavy atom. The van der Waals surface area contributed by atoms with Crippen molar-refractivity contribution in [2.45, 2.75) is 42.5 Å². The van der Waals surface area contributed by atoms with Crippen LogP contribution in [-0.4, -0.2) is 35.8 Å². The molecule has 124 valence electrons. The molecule has 2 N–H and O–H groups in total. The molecule has 0 aliphatic heterocycles. The standard InChI is InChI=1S/2C2H6.CH3NO2.CH5N.2CH4.4CH3.2B.2U/c2*1-2;1-2(3)4;1-2;;;;;;;;;;/h2*1-2H3;1H3;2H2,1H3;2*1H4;4*1H3;;;;/q;;;;;;4*-1;;;2*+2. The normalized spacial score (nSPS) is 2.15. The van der Waals surface area contributed by atoms with Crippen LogP contribution in [0.1, 0.15) is 42.5 Å². The average molecular weight is 742 g/mol. The Kier molecular flexibility index (Phi) is 2980. The molecule has 0 spiro atoms. The van der Waals surface area contributed by atoms with Gasteiger partial charge in [-0.3, -0.25) is 10.1 Å². The van der Waals surface area contributed by atoms with Gasteiger partial charge in [0, 0.05) is 21.7 Å². The number of rotatable bonds is 0. The molecule has 6 radical (unpaired) electrons. The van der Waals surface area contributed by atoms with Crippen molar-refractivity contribution >= 4 is 16.8 Å². The predicted molar refractivity (Wildman–Crippen MR) is 96.4 cm³/mol.